The number of rotatable bonds is 12. The molecule has 0 saturated carbocycles. The first-order chi connectivity index (χ1) is 12.2. The molecule has 0 radical (unpaired) electrons. The fourth-order valence-electron chi connectivity index (χ4n) is 1.82. The number of benzene rings is 1. The lowest BCUT2D eigenvalue weighted by Gasteiger charge is -2.29. The van der Waals surface area contributed by atoms with Crippen LogP contribution < -0.4 is 5.32 Å². The van der Waals surface area contributed by atoms with Gasteiger partial charge in [0.05, 0.1) is 0 Å². The molecule has 0 aliphatic heterocycles. The van der Waals surface area contributed by atoms with Crippen molar-refractivity contribution in [1.29, 1.82) is 0 Å². The van der Waals surface area contributed by atoms with Gasteiger partial charge in [-0.05, 0) is 5.56 Å². The number of carbonyl (C=O) groups excluding carboxylic acids is 1. The van der Waals surface area contributed by atoms with E-state index in [9.17, 15) is 35.1 Å². The van der Waals surface area contributed by atoms with Gasteiger partial charge in [-0.1, -0.05) is 30.3 Å². The second-order valence-corrected chi connectivity index (χ2v) is 4.94. The predicted octanol–water partition coefficient (Wildman–Crippen LogP) is -0.0859. The van der Waals surface area contributed by atoms with E-state index in [1.165, 1.54) is 0 Å². The van der Waals surface area contributed by atoms with Crippen molar-refractivity contribution < 1.29 is 34.6 Å². The van der Waals surface area contributed by atoms with Gasteiger partial charge in [-0.15, -0.1) is 30.3 Å². The average Bonchev–Trinajstić information content (AvgIpc) is 2.59. The first-order valence-electron chi connectivity index (χ1n) is 6.89. The summed E-state index contributed by atoms with van der Waals surface area (Å²) in [5.41, 5.74) is -1.56. The Balaban J connectivity index is 2.97. The minimum atomic E-state index is -2.21. The molecule has 0 heterocycles. The van der Waals surface area contributed by atoms with Crippen LogP contribution in [-0.2, 0) is 25.9 Å². The van der Waals surface area contributed by atoms with E-state index in [0.717, 1.165) is 0 Å². The molecule has 0 unspecified atom stereocenters. The summed E-state index contributed by atoms with van der Waals surface area (Å²) in [5, 5.41) is 29.9. The van der Waals surface area contributed by atoms with E-state index >= 15 is 0 Å². The SMILES string of the molecule is O=C(NCc1ccccc1)C(CO[N+](=O)[O-])(CO[N+](=O)[O-])CO[N+](=O)[O-]. The van der Waals surface area contributed by atoms with Crippen LogP contribution in [0.4, 0.5) is 0 Å². The third-order valence-electron chi connectivity index (χ3n) is 3.12. The normalized spacial score (nSPS) is 10.5. The number of hydrogen-bond donors (Lipinski definition) is 1. The molecular formula is C12H14N4O10. The number of amides is 1. The van der Waals surface area contributed by atoms with Gasteiger partial charge in [0.2, 0.25) is 5.91 Å². The molecule has 26 heavy (non-hydrogen) atoms. The molecule has 0 fully saturated rings. The molecule has 1 rings (SSSR count). The van der Waals surface area contributed by atoms with Crippen molar-refractivity contribution in [3.63, 3.8) is 0 Å². The predicted molar refractivity (Wildman–Crippen MR) is 79.6 cm³/mol. The highest BCUT2D eigenvalue weighted by Gasteiger charge is 2.42. The highest BCUT2D eigenvalue weighted by atomic mass is 17.0. The number of nitrogens with one attached hydrogen (secondary N) is 1. The molecule has 1 N–H and O–H groups in total. The smallest absolute Gasteiger partial charge is 0.294 e. The molecule has 142 valence electrons. The van der Waals surface area contributed by atoms with Crippen molar-refractivity contribution >= 4 is 5.91 Å². The monoisotopic (exact) mass is 374 g/mol. The zero-order chi connectivity index (χ0) is 19.6. The van der Waals surface area contributed by atoms with Crippen molar-refractivity contribution in [2.45, 2.75) is 6.54 Å². The Labute approximate surface area is 144 Å². The third-order valence-corrected chi connectivity index (χ3v) is 3.12. The van der Waals surface area contributed by atoms with Crippen LogP contribution >= 0.6 is 0 Å². The quantitative estimate of drug-likeness (QED) is 0.383. The van der Waals surface area contributed by atoms with Gasteiger partial charge in [-0.25, -0.2) is 0 Å². The molecule has 0 atom stereocenters. The number of hydrogen-bond acceptors (Lipinski definition) is 10. The van der Waals surface area contributed by atoms with E-state index in [0.29, 0.717) is 5.56 Å². The molecule has 0 aliphatic carbocycles. The lowest BCUT2D eigenvalue weighted by atomic mass is 9.90. The summed E-state index contributed by atoms with van der Waals surface area (Å²) in [7, 11) is 0. The largest absolute Gasteiger partial charge is 0.351 e. The Morgan fingerprint density at radius 1 is 0.885 bits per heavy atom. The van der Waals surface area contributed by atoms with E-state index in [4.69, 9.17) is 0 Å². The zero-order valence-electron chi connectivity index (χ0n) is 13.1. The zero-order valence-corrected chi connectivity index (χ0v) is 13.1. The highest BCUT2D eigenvalue weighted by molar-refractivity contribution is 5.83. The minimum absolute atomic E-state index is 0.0448. The van der Waals surface area contributed by atoms with Crippen LogP contribution in [0.2, 0.25) is 0 Å². The summed E-state index contributed by atoms with van der Waals surface area (Å²) in [4.78, 5) is 56.0. The topological polar surface area (TPSA) is 186 Å². The molecule has 0 bridgehead atoms. The van der Waals surface area contributed by atoms with Crippen LogP contribution in [0.25, 0.3) is 0 Å². The molecule has 1 amide bonds. The van der Waals surface area contributed by atoms with Crippen molar-refractivity contribution in [3.05, 3.63) is 66.2 Å². The molecule has 1 aromatic carbocycles. The Kier molecular flexibility index (Phi) is 7.47. The minimum Gasteiger partial charge on any atom is -0.351 e. The Morgan fingerprint density at radius 3 is 1.69 bits per heavy atom. The van der Waals surface area contributed by atoms with Crippen LogP contribution in [-0.4, -0.2) is 41.0 Å². The van der Waals surface area contributed by atoms with Gasteiger partial charge >= 0.3 is 0 Å². The Bertz CT molecular complexity index is 607. The van der Waals surface area contributed by atoms with Gasteiger partial charge in [-0.3, -0.25) is 4.79 Å². The van der Waals surface area contributed by atoms with E-state index in [2.05, 4.69) is 19.8 Å². The maximum absolute atomic E-state index is 12.5. The van der Waals surface area contributed by atoms with Crippen molar-refractivity contribution in [2.75, 3.05) is 19.8 Å². The Morgan fingerprint density at radius 2 is 1.31 bits per heavy atom. The fourth-order valence-corrected chi connectivity index (χ4v) is 1.82. The summed E-state index contributed by atoms with van der Waals surface area (Å²) < 4.78 is 0. The van der Waals surface area contributed by atoms with E-state index in [-0.39, 0.29) is 6.54 Å². The highest BCUT2D eigenvalue weighted by Crippen LogP contribution is 2.21. The molecule has 0 spiro atoms. The Hall–Kier alpha value is -3.71. The lowest BCUT2D eigenvalue weighted by Crippen LogP contribution is -2.51. The third kappa shape index (κ3) is 6.81. The van der Waals surface area contributed by atoms with Gasteiger partial charge in [0.1, 0.15) is 25.2 Å². The van der Waals surface area contributed by atoms with Crippen LogP contribution in [0.5, 0.6) is 0 Å². The molecular weight excluding hydrogens is 360 g/mol. The van der Waals surface area contributed by atoms with Crippen molar-refractivity contribution in [1.82, 2.24) is 5.32 Å². The summed E-state index contributed by atoms with van der Waals surface area (Å²) in [6.45, 7) is -3.20. The second-order valence-electron chi connectivity index (χ2n) is 4.94. The summed E-state index contributed by atoms with van der Waals surface area (Å²) in [6, 6.07) is 8.44. The van der Waals surface area contributed by atoms with Gasteiger partial charge < -0.3 is 19.8 Å². The van der Waals surface area contributed by atoms with Gasteiger partial charge in [0, 0.05) is 6.54 Å². The van der Waals surface area contributed by atoms with Crippen LogP contribution in [0.15, 0.2) is 30.3 Å². The molecule has 14 heteroatoms. The standard InChI is InChI=1S/C12H14N4O10/c17-11(13-6-10-4-2-1-3-5-10)12(7-24-14(18)19,8-25-15(20)21)9-26-16(22)23/h1-5H,6-9H2,(H,13,17). The van der Waals surface area contributed by atoms with E-state index in [1.54, 1.807) is 30.3 Å². The lowest BCUT2D eigenvalue weighted by molar-refractivity contribution is -0.780. The van der Waals surface area contributed by atoms with Crippen molar-refractivity contribution in [3.8, 4) is 0 Å². The summed E-state index contributed by atoms with van der Waals surface area (Å²) >= 11 is 0. The maximum Gasteiger partial charge on any atom is 0.294 e. The first kappa shape index (κ1) is 20.3. The fraction of sp³-hybridized carbons (Fsp3) is 0.417. The molecule has 14 nitrogen and oxygen atoms in total. The number of carbonyl (C=O) groups is 1. The van der Waals surface area contributed by atoms with Crippen LogP contribution in [0.3, 0.4) is 0 Å². The van der Waals surface area contributed by atoms with Gasteiger partial charge in [-0.2, -0.15) is 0 Å². The number of nitrogens with zero attached hydrogens (tertiary/aromatic N) is 3. The first-order valence-corrected chi connectivity index (χ1v) is 6.89. The molecule has 1 aromatic rings. The van der Waals surface area contributed by atoms with Crippen LogP contribution in [0.1, 0.15) is 5.56 Å². The van der Waals surface area contributed by atoms with Gasteiger partial charge in [0.15, 0.2) is 0 Å². The van der Waals surface area contributed by atoms with Crippen molar-refractivity contribution in [2.24, 2.45) is 5.41 Å². The molecule has 0 saturated heterocycles. The second kappa shape index (κ2) is 9.55. The summed E-state index contributed by atoms with van der Waals surface area (Å²) in [6.07, 6.45) is 0. The van der Waals surface area contributed by atoms with E-state index in [1.807, 2.05) is 0 Å². The van der Waals surface area contributed by atoms with Crippen LogP contribution in [0, 0.1) is 35.8 Å². The summed E-state index contributed by atoms with van der Waals surface area (Å²) in [5.74, 6) is -1.02. The maximum atomic E-state index is 12.5. The molecule has 0 aliphatic rings. The van der Waals surface area contributed by atoms with E-state index < -0.39 is 46.4 Å². The molecule has 0 aromatic heterocycles. The average molecular weight is 374 g/mol. The van der Waals surface area contributed by atoms with Gasteiger partial charge in [0.25, 0.3) is 15.3 Å².